The second-order valence-corrected chi connectivity index (χ2v) is 3.81. The molecule has 0 heterocycles. The van der Waals surface area contributed by atoms with Crippen LogP contribution in [0.2, 0.25) is 0 Å². The third-order valence-corrected chi connectivity index (χ3v) is 2.34. The highest BCUT2D eigenvalue weighted by Crippen LogP contribution is 2.44. The van der Waals surface area contributed by atoms with Gasteiger partial charge in [-0.3, -0.25) is 5.84 Å². The number of alkyl halides is 5. The molecule has 96 valence electrons. The summed E-state index contributed by atoms with van der Waals surface area (Å²) >= 11 is -0.555. The third kappa shape index (κ3) is 4.27. The lowest BCUT2D eigenvalue weighted by atomic mass is 10.3. The molecular weight excluding hydrogens is 267 g/mol. The molecule has 0 aliphatic carbocycles. The number of rotatable bonds is 4. The Morgan fingerprint density at radius 2 is 1.94 bits per heavy atom. The van der Waals surface area contributed by atoms with Crippen molar-refractivity contribution >= 4 is 17.4 Å². The van der Waals surface area contributed by atoms with E-state index in [2.05, 4.69) is 4.74 Å². The van der Waals surface area contributed by atoms with Crippen molar-refractivity contribution in [1.82, 2.24) is 0 Å². The van der Waals surface area contributed by atoms with E-state index in [9.17, 15) is 22.0 Å². The van der Waals surface area contributed by atoms with E-state index in [4.69, 9.17) is 5.84 Å². The normalized spacial score (nSPS) is 11.7. The first-order chi connectivity index (χ1) is 7.83. The highest BCUT2D eigenvalue weighted by molar-refractivity contribution is 8.00. The minimum atomic E-state index is -4.60. The van der Waals surface area contributed by atoms with Crippen LogP contribution in [0.1, 0.15) is 0 Å². The van der Waals surface area contributed by atoms with Crippen LogP contribution in [0.3, 0.4) is 0 Å². The van der Waals surface area contributed by atoms with Crippen LogP contribution in [0, 0.1) is 0 Å². The molecule has 0 radical (unpaired) electrons. The summed E-state index contributed by atoms with van der Waals surface area (Å²) in [5, 5.41) is 0. The van der Waals surface area contributed by atoms with Crippen molar-refractivity contribution in [1.29, 1.82) is 0 Å². The molecular formula is C8H7F5N2OS. The van der Waals surface area contributed by atoms with Crippen molar-refractivity contribution in [3.8, 4) is 5.75 Å². The summed E-state index contributed by atoms with van der Waals surface area (Å²) in [6, 6.07) is 3.47. The lowest BCUT2D eigenvalue weighted by Crippen LogP contribution is -2.12. The third-order valence-electron chi connectivity index (χ3n) is 1.57. The molecule has 0 aromatic heterocycles. The maximum absolute atomic E-state index is 12.2. The second kappa shape index (κ2) is 5.41. The Kier molecular flexibility index (Phi) is 4.40. The van der Waals surface area contributed by atoms with E-state index in [1.165, 1.54) is 12.1 Å². The molecule has 0 saturated heterocycles. The first-order valence-corrected chi connectivity index (χ1v) is 4.95. The summed E-state index contributed by atoms with van der Waals surface area (Å²) in [4.78, 5) is -0.492. The van der Waals surface area contributed by atoms with Crippen LogP contribution in [0.5, 0.6) is 5.75 Å². The smallest absolute Gasteiger partial charge is 0.431 e. The largest absolute Gasteiger partial charge is 0.446 e. The average molecular weight is 274 g/mol. The maximum atomic E-state index is 12.2. The van der Waals surface area contributed by atoms with Crippen LogP contribution in [-0.2, 0) is 0 Å². The number of hydrogen-bond acceptors (Lipinski definition) is 4. The summed E-state index contributed by atoms with van der Waals surface area (Å²) in [5.74, 6) is 4.36. The molecule has 3 nitrogen and oxygen atoms in total. The molecule has 9 heteroatoms. The standard InChI is InChI=1S/C8H7F5N2OS/c9-7(10)16-6-4(15-14)2-1-3-5(6)17-8(11,12)13/h1-3,7,15H,14H2. The number of para-hydroxylation sites is 1. The van der Waals surface area contributed by atoms with Crippen molar-refractivity contribution in [3.63, 3.8) is 0 Å². The van der Waals surface area contributed by atoms with Crippen molar-refractivity contribution < 1.29 is 26.7 Å². The molecule has 0 spiro atoms. The van der Waals surface area contributed by atoms with Crippen LogP contribution >= 0.6 is 11.8 Å². The van der Waals surface area contributed by atoms with Gasteiger partial charge in [0.25, 0.3) is 0 Å². The quantitative estimate of drug-likeness (QED) is 0.383. The van der Waals surface area contributed by atoms with Gasteiger partial charge in [-0.15, -0.1) is 0 Å². The number of nitrogens with two attached hydrogens (primary N) is 1. The molecule has 0 unspecified atom stereocenters. The van der Waals surface area contributed by atoms with E-state index in [1.807, 2.05) is 5.43 Å². The summed E-state index contributed by atoms with van der Waals surface area (Å²) in [5.41, 5.74) is -2.77. The summed E-state index contributed by atoms with van der Waals surface area (Å²) < 4.78 is 64.6. The van der Waals surface area contributed by atoms with Crippen LogP contribution in [0.4, 0.5) is 27.6 Å². The Morgan fingerprint density at radius 3 is 2.41 bits per heavy atom. The molecule has 0 amide bonds. The fraction of sp³-hybridized carbons (Fsp3) is 0.250. The Hall–Kier alpha value is -1.22. The number of anilines is 1. The molecule has 0 atom stereocenters. The highest BCUT2D eigenvalue weighted by atomic mass is 32.2. The van der Waals surface area contributed by atoms with Gasteiger partial charge < -0.3 is 10.2 Å². The summed E-state index contributed by atoms with van der Waals surface area (Å²) in [6.45, 7) is -3.24. The Bertz CT molecular complexity index is 385. The van der Waals surface area contributed by atoms with Crippen molar-refractivity contribution in [2.24, 2.45) is 5.84 Å². The van der Waals surface area contributed by atoms with Gasteiger partial charge in [0.2, 0.25) is 0 Å². The van der Waals surface area contributed by atoms with Crippen LogP contribution < -0.4 is 16.0 Å². The van der Waals surface area contributed by atoms with Gasteiger partial charge in [-0.2, -0.15) is 22.0 Å². The number of nitrogen functional groups attached to an aromatic ring is 1. The summed E-state index contributed by atoms with van der Waals surface area (Å²) in [6.07, 6.45) is 0. The number of hydrazine groups is 1. The van der Waals surface area contributed by atoms with E-state index >= 15 is 0 Å². The van der Waals surface area contributed by atoms with Gasteiger partial charge in [0.15, 0.2) is 5.75 Å². The van der Waals surface area contributed by atoms with Crippen LogP contribution in [0.15, 0.2) is 23.1 Å². The molecule has 1 aromatic carbocycles. The van der Waals surface area contributed by atoms with Gasteiger partial charge in [0, 0.05) is 0 Å². The number of thioether (sulfide) groups is 1. The molecule has 17 heavy (non-hydrogen) atoms. The predicted octanol–water partition coefficient (Wildman–Crippen LogP) is 3.19. The fourth-order valence-corrected chi connectivity index (χ4v) is 1.69. The fourth-order valence-electron chi connectivity index (χ4n) is 1.05. The van der Waals surface area contributed by atoms with E-state index in [-0.39, 0.29) is 5.69 Å². The second-order valence-electron chi connectivity index (χ2n) is 2.70. The Morgan fingerprint density at radius 1 is 1.29 bits per heavy atom. The van der Waals surface area contributed by atoms with Crippen molar-refractivity contribution in [2.75, 3.05) is 5.43 Å². The molecule has 3 N–H and O–H groups in total. The SMILES string of the molecule is NNc1cccc(SC(F)(F)F)c1OC(F)F. The lowest BCUT2D eigenvalue weighted by molar-refractivity contribution is -0.0522. The number of halogens is 5. The van der Waals surface area contributed by atoms with Crippen molar-refractivity contribution in [2.45, 2.75) is 17.0 Å². The minimum Gasteiger partial charge on any atom is -0.431 e. The van der Waals surface area contributed by atoms with E-state index in [0.29, 0.717) is 0 Å². The first-order valence-electron chi connectivity index (χ1n) is 4.13. The molecule has 0 fully saturated rings. The number of ether oxygens (including phenoxy) is 1. The van der Waals surface area contributed by atoms with Gasteiger partial charge in [-0.25, -0.2) is 0 Å². The van der Waals surface area contributed by atoms with Crippen LogP contribution in [0.25, 0.3) is 0 Å². The van der Waals surface area contributed by atoms with E-state index in [0.717, 1.165) is 6.07 Å². The number of nitrogens with one attached hydrogen (secondary N) is 1. The van der Waals surface area contributed by atoms with E-state index < -0.39 is 34.5 Å². The van der Waals surface area contributed by atoms with Crippen molar-refractivity contribution in [3.05, 3.63) is 18.2 Å². The van der Waals surface area contributed by atoms with Gasteiger partial charge in [0.1, 0.15) is 0 Å². The maximum Gasteiger partial charge on any atom is 0.446 e. The molecule has 1 rings (SSSR count). The molecule has 0 bridgehead atoms. The van der Waals surface area contributed by atoms with Gasteiger partial charge in [-0.05, 0) is 23.9 Å². The molecule has 0 aliphatic heterocycles. The highest BCUT2D eigenvalue weighted by Gasteiger charge is 2.32. The molecule has 0 aliphatic rings. The lowest BCUT2D eigenvalue weighted by Gasteiger charge is -2.15. The Balaban J connectivity index is 3.10. The molecule has 0 saturated carbocycles. The topological polar surface area (TPSA) is 47.3 Å². The first kappa shape index (κ1) is 13.8. The Labute approximate surface area is 97.1 Å². The predicted molar refractivity (Wildman–Crippen MR) is 52.8 cm³/mol. The average Bonchev–Trinajstić information content (AvgIpc) is 2.17. The molecule has 1 aromatic rings. The zero-order valence-corrected chi connectivity index (χ0v) is 8.91. The van der Waals surface area contributed by atoms with E-state index in [1.54, 1.807) is 0 Å². The van der Waals surface area contributed by atoms with Gasteiger partial charge in [-0.1, -0.05) is 6.07 Å². The number of benzene rings is 1. The zero-order chi connectivity index (χ0) is 13.1. The monoisotopic (exact) mass is 274 g/mol. The minimum absolute atomic E-state index is 0.153. The summed E-state index contributed by atoms with van der Waals surface area (Å²) in [7, 11) is 0. The van der Waals surface area contributed by atoms with Gasteiger partial charge in [0.05, 0.1) is 10.6 Å². The zero-order valence-electron chi connectivity index (χ0n) is 8.09. The number of hydrogen-bond donors (Lipinski definition) is 2. The van der Waals surface area contributed by atoms with Crippen LogP contribution in [-0.4, -0.2) is 12.1 Å². The van der Waals surface area contributed by atoms with Gasteiger partial charge >= 0.3 is 12.1 Å².